The summed E-state index contributed by atoms with van der Waals surface area (Å²) in [6.45, 7) is 15.9. The second-order valence-corrected chi connectivity index (χ2v) is 20.1. The van der Waals surface area contributed by atoms with E-state index in [1.54, 1.807) is 73.4 Å². The van der Waals surface area contributed by atoms with Gasteiger partial charge in [0.15, 0.2) is 9.84 Å². The van der Waals surface area contributed by atoms with Crippen molar-refractivity contribution in [3.8, 4) is 0 Å². The monoisotopic (exact) mass is 1050 g/mol. The maximum atomic E-state index is 10.6. The third kappa shape index (κ3) is 53.1. The van der Waals surface area contributed by atoms with E-state index in [0.29, 0.717) is 24.6 Å². The number of H-pyrrole nitrogens is 3. The number of aromatic nitrogens is 9. The molecule has 6 aliphatic heterocycles. The van der Waals surface area contributed by atoms with Crippen molar-refractivity contribution in [3.05, 3.63) is 121 Å². The molecule has 0 unspecified atom stereocenters. The zero-order valence-corrected chi connectivity index (χ0v) is 43.8. The number of nitrogens with one attached hydrogen (secondary N) is 9. The van der Waals surface area contributed by atoms with Crippen molar-refractivity contribution in [1.82, 2.24) is 77.9 Å². The Balaban J connectivity index is 0.000000383. The number of rotatable bonds is 0. The third-order valence-corrected chi connectivity index (χ3v) is 13.0. The fourth-order valence-electron chi connectivity index (χ4n) is 4.92. The largest absolute Gasteiger partial charge is 0.473 e. The minimum absolute atomic E-state index is 0.312. The summed E-state index contributed by atoms with van der Waals surface area (Å²) in [4.78, 5) is 3.78. The van der Waals surface area contributed by atoms with Crippen molar-refractivity contribution >= 4 is 43.7 Å². The first-order valence-electron chi connectivity index (χ1n) is 23.5. The van der Waals surface area contributed by atoms with Crippen LogP contribution >= 0.6 is 23.1 Å². The number of thiophene rings is 1. The fraction of sp³-hybridized carbons (Fsp3) is 0.556. The van der Waals surface area contributed by atoms with Gasteiger partial charge in [0.05, 0.1) is 62.0 Å². The molecule has 0 spiro atoms. The van der Waals surface area contributed by atoms with E-state index >= 15 is 0 Å². The average Bonchev–Trinajstić information content (AvgIpc) is 4.31. The summed E-state index contributed by atoms with van der Waals surface area (Å²) in [5.41, 5.74) is 0. The van der Waals surface area contributed by atoms with Gasteiger partial charge in [0, 0.05) is 150 Å². The van der Waals surface area contributed by atoms with Gasteiger partial charge in [-0.15, -0.1) is 0 Å². The summed E-state index contributed by atoms with van der Waals surface area (Å²) in [6, 6.07) is 15.3. The molecule has 6 saturated heterocycles. The van der Waals surface area contributed by atoms with E-state index in [2.05, 4.69) is 82.3 Å². The number of hydrogen-bond donors (Lipinski definition) is 9. The molecule has 6 aromatic rings. The first kappa shape index (κ1) is 63.8. The normalized spacial score (nSPS) is 17.4. The highest BCUT2D eigenvalue weighted by Crippen LogP contribution is 2.02. The number of aromatic amines is 3. The summed E-state index contributed by atoms with van der Waals surface area (Å²) in [7, 11) is -3.15. The fourth-order valence-corrected chi connectivity index (χ4v) is 8.22. The molecule has 0 aliphatic carbocycles. The molecule has 0 amide bonds. The summed E-state index contributed by atoms with van der Waals surface area (Å²) < 4.78 is 46.4. The van der Waals surface area contributed by atoms with Gasteiger partial charge in [0.25, 0.3) is 0 Å². The lowest BCUT2D eigenvalue weighted by atomic mass is 10.2. The van der Waals surface area contributed by atoms with Crippen molar-refractivity contribution in [1.29, 1.82) is 0 Å². The Morgan fingerprint density at radius 3 is 1.16 bits per heavy atom. The predicted molar refractivity (Wildman–Crippen MR) is 285 cm³/mol. The highest BCUT2D eigenvalue weighted by atomic mass is 32.2. The van der Waals surface area contributed by atoms with Gasteiger partial charge in [-0.1, -0.05) is 18.2 Å². The number of sulfone groups is 1. The van der Waals surface area contributed by atoms with Gasteiger partial charge < -0.3 is 45.8 Å². The van der Waals surface area contributed by atoms with Gasteiger partial charge in [0.1, 0.15) is 0 Å². The lowest BCUT2D eigenvalue weighted by Gasteiger charge is -2.11. The second-order valence-electron chi connectivity index (χ2n) is 14.1. The molecule has 70 heavy (non-hydrogen) atoms. The van der Waals surface area contributed by atoms with E-state index < -0.39 is 20.6 Å². The predicted octanol–water partition coefficient (Wildman–Crippen LogP) is 2.77. The highest BCUT2D eigenvalue weighted by Gasteiger charge is 2.13. The van der Waals surface area contributed by atoms with Crippen LogP contribution in [0.4, 0.5) is 0 Å². The van der Waals surface area contributed by atoms with Crippen LogP contribution in [0.3, 0.4) is 0 Å². The molecule has 6 aromatic heterocycles. The van der Waals surface area contributed by atoms with Crippen molar-refractivity contribution < 1.29 is 26.5 Å². The van der Waals surface area contributed by atoms with Crippen LogP contribution < -0.4 is 31.9 Å². The van der Waals surface area contributed by atoms with E-state index in [9.17, 15) is 12.6 Å². The van der Waals surface area contributed by atoms with Crippen LogP contribution in [0.1, 0.15) is 19.3 Å². The second kappa shape index (κ2) is 54.1. The lowest BCUT2D eigenvalue weighted by Crippen LogP contribution is -2.39. The smallest absolute Gasteiger partial charge is 0.152 e. The molecule has 9 N–H and O–H groups in total. The van der Waals surface area contributed by atoms with E-state index in [4.69, 9.17) is 9.47 Å². The Labute approximate surface area is 426 Å². The number of ether oxygens (including phenoxy) is 2. The molecular weight excluding hydrogens is 975 g/mol. The van der Waals surface area contributed by atoms with E-state index in [1.807, 2.05) is 71.1 Å². The average molecular weight is 1050 g/mol. The summed E-state index contributed by atoms with van der Waals surface area (Å²) >= 11 is 3.75. The standard InChI is InChI=1S/C5H5N.C5H10O.C4H10N2.C4H9NO2S.C4H9NOS.C4H9NO.C4H9NS.C4H4O.C4H4S.C3H4N2.2C2H3N3/c2*1-2-4-6-5-3-1;1-2-6-4-3-5-1;6-8(7)3-1-5-2-4-8;6-7-3-1-5-2-4-7;2*1-3-6-4-2-5-1;5*1-2-4-5-3-1/h1-5H;1-5H2;5-6H,1-4H2;5H,1-4H2;5H,1-4H2;2*5H,1-4H2;2*1-4H;1-3H,(H,4,5);2*1-2H,(H,3,4,5). The van der Waals surface area contributed by atoms with Crippen LogP contribution in [0, 0.1) is 0 Å². The Kier molecular flexibility index (Phi) is 49.3. The maximum Gasteiger partial charge on any atom is 0.152 e. The van der Waals surface area contributed by atoms with Crippen LogP contribution in [0.15, 0.2) is 126 Å². The van der Waals surface area contributed by atoms with Crippen molar-refractivity contribution in [2.24, 2.45) is 0 Å². The summed E-state index contributed by atoms with van der Waals surface area (Å²) in [5, 5.41) is 47.9. The molecule has 6 fully saturated rings. The minimum Gasteiger partial charge on any atom is -0.473 e. The number of morpholine rings is 1. The van der Waals surface area contributed by atoms with Crippen molar-refractivity contribution in [2.75, 3.05) is 139 Å². The molecule has 21 nitrogen and oxygen atoms in total. The van der Waals surface area contributed by atoms with Crippen molar-refractivity contribution in [2.45, 2.75) is 19.3 Å². The number of piperazine rings is 1. The number of nitrogens with zero attached hydrogens (tertiary/aromatic N) is 6. The summed E-state index contributed by atoms with van der Waals surface area (Å²) in [6.07, 6.45) is 20.5. The molecule has 394 valence electrons. The van der Waals surface area contributed by atoms with Crippen molar-refractivity contribution in [3.63, 3.8) is 0 Å². The van der Waals surface area contributed by atoms with E-state index in [1.165, 1.54) is 43.9 Å². The first-order chi connectivity index (χ1) is 34.6. The van der Waals surface area contributed by atoms with Gasteiger partial charge in [-0.3, -0.25) is 14.3 Å². The summed E-state index contributed by atoms with van der Waals surface area (Å²) in [5.74, 6) is 4.93. The zero-order valence-electron chi connectivity index (χ0n) is 40.5. The van der Waals surface area contributed by atoms with E-state index in [-0.39, 0.29) is 0 Å². The molecule has 25 heteroatoms. The van der Waals surface area contributed by atoms with Crippen LogP contribution in [-0.4, -0.2) is 198 Å². The highest BCUT2D eigenvalue weighted by molar-refractivity contribution is 7.99. The topological polar surface area (TPSA) is 280 Å². The zero-order chi connectivity index (χ0) is 50.0. The maximum absolute atomic E-state index is 10.6. The van der Waals surface area contributed by atoms with Gasteiger partial charge in [-0.2, -0.15) is 59.0 Å². The van der Waals surface area contributed by atoms with Gasteiger partial charge in [-0.05, 0) is 60.4 Å². The molecule has 0 bridgehead atoms. The Bertz CT molecular complexity index is 1460. The van der Waals surface area contributed by atoms with E-state index in [0.717, 1.165) is 90.3 Å². The number of pyridine rings is 1. The number of furan rings is 1. The van der Waals surface area contributed by atoms with Gasteiger partial charge in [-0.25, -0.2) is 8.42 Å². The number of hydrogen-bond acceptors (Lipinski definition) is 20. The van der Waals surface area contributed by atoms with Gasteiger partial charge >= 0.3 is 0 Å². The molecule has 12 rings (SSSR count). The molecule has 0 saturated carbocycles. The Morgan fingerprint density at radius 1 is 0.471 bits per heavy atom. The molecule has 12 heterocycles. The van der Waals surface area contributed by atoms with Gasteiger partial charge in [0.2, 0.25) is 0 Å². The Morgan fingerprint density at radius 2 is 0.971 bits per heavy atom. The third-order valence-electron chi connectivity index (χ3n) is 8.41. The molecule has 0 aromatic carbocycles. The van der Waals surface area contributed by atoms with Crippen LogP contribution in [0.25, 0.3) is 0 Å². The minimum atomic E-state index is -2.65. The molecule has 0 atom stereocenters. The molecule has 0 radical (unpaired) electrons. The SMILES string of the molecule is C1CCOCC1.C1CNCCN1.C1COCCN1.C1CSCCN1.O=S1(=O)CCNCC1.O=S1CCNCC1.c1ccncc1.c1ccoc1.c1ccsc1.c1cn[nH]c1.c1cn[nH]n1.c1cn[nH]n1. The quantitative estimate of drug-likeness (QED) is 0.106. The van der Waals surface area contributed by atoms with Crippen LogP contribution in [0.5, 0.6) is 0 Å². The molecular formula is C45H79N15O6S4. The lowest BCUT2D eigenvalue weighted by molar-refractivity contribution is 0.0968. The van der Waals surface area contributed by atoms with Crippen LogP contribution in [0.2, 0.25) is 0 Å². The first-order valence-corrected chi connectivity index (χ1v) is 28.9. The van der Waals surface area contributed by atoms with Crippen LogP contribution in [-0.2, 0) is 30.1 Å². The Hall–Kier alpha value is -4.25. The molecule has 6 aliphatic rings. The number of thioether (sulfide) groups is 1.